The average molecular weight is 342 g/mol. The minimum absolute atomic E-state index is 0.00626. The first-order valence-electron chi connectivity index (χ1n) is 8.82. The number of para-hydroxylation sites is 2. The number of urea groups is 1. The van der Waals surface area contributed by atoms with Crippen LogP contribution < -0.4 is 5.32 Å². The second-order valence-electron chi connectivity index (χ2n) is 6.85. The van der Waals surface area contributed by atoms with Crippen LogP contribution in [0.4, 0.5) is 10.5 Å². The summed E-state index contributed by atoms with van der Waals surface area (Å²) in [6.07, 6.45) is 2.00. The summed E-state index contributed by atoms with van der Waals surface area (Å²) in [7, 11) is 0. The normalized spacial score (nSPS) is 20.6. The molecule has 2 N–H and O–H groups in total. The number of likely N-dealkylation sites (tertiary alicyclic amines) is 1. The number of carbonyl (C=O) groups excluding carboxylic acids is 1. The van der Waals surface area contributed by atoms with Gasteiger partial charge in [0.15, 0.2) is 0 Å². The number of benzene rings is 1. The Bertz CT molecular complexity index is 756. The minimum Gasteiger partial charge on any atom is -0.394 e. The molecule has 2 heterocycles. The van der Waals surface area contributed by atoms with Gasteiger partial charge >= 0.3 is 6.03 Å². The molecule has 3 rings (SSSR count). The van der Waals surface area contributed by atoms with Crippen LogP contribution in [0.1, 0.15) is 31.2 Å². The van der Waals surface area contributed by atoms with Crippen molar-refractivity contribution in [1.29, 1.82) is 0 Å². The zero-order valence-corrected chi connectivity index (χ0v) is 15.1. The maximum atomic E-state index is 12.8. The number of aromatic nitrogens is 2. The maximum Gasteiger partial charge on any atom is 0.322 e. The number of anilines is 1. The van der Waals surface area contributed by atoms with E-state index in [1.165, 1.54) is 0 Å². The molecule has 2 amide bonds. The van der Waals surface area contributed by atoms with Crippen molar-refractivity contribution in [2.45, 2.75) is 39.7 Å². The molecular weight excluding hydrogens is 316 g/mol. The molecule has 0 aliphatic carbocycles. The van der Waals surface area contributed by atoms with Gasteiger partial charge in [0.05, 0.1) is 29.7 Å². The molecule has 1 aromatic carbocycles. The van der Waals surface area contributed by atoms with E-state index in [1.807, 2.05) is 48.9 Å². The molecule has 2 atom stereocenters. The zero-order valence-electron chi connectivity index (χ0n) is 15.1. The number of aliphatic hydroxyl groups excluding tert-OH is 1. The second-order valence-corrected chi connectivity index (χ2v) is 6.85. The number of carbonyl (C=O) groups is 1. The molecule has 6 heteroatoms. The van der Waals surface area contributed by atoms with Crippen LogP contribution >= 0.6 is 0 Å². The van der Waals surface area contributed by atoms with E-state index in [0.29, 0.717) is 18.2 Å². The van der Waals surface area contributed by atoms with Crippen molar-refractivity contribution in [3.63, 3.8) is 0 Å². The van der Waals surface area contributed by atoms with Gasteiger partial charge in [-0.05, 0) is 50.8 Å². The van der Waals surface area contributed by atoms with Crippen LogP contribution in [0.3, 0.4) is 0 Å². The topological polar surface area (TPSA) is 70.4 Å². The number of piperidine rings is 1. The predicted molar refractivity (Wildman–Crippen MR) is 98.0 cm³/mol. The number of rotatable bonds is 3. The molecule has 6 nitrogen and oxygen atoms in total. The van der Waals surface area contributed by atoms with Crippen LogP contribution in [-0.4, -0.2) is 45.0 Å². The average Bonchev–Trinajstić information content (AvgIpc) is 2.93. The highest BCUT2D eigenvalue weighted by Crippen LogP contribution is 2.26. The number of hydrogen-bond acceptors (Lipinski definition) is 3. The first-order chi connectivity index (χ1) is 12.0. The maximum absolute atomic E-state index is 12.8. The Morgan fingerprint density at radius 1 is 1.36 bits per heavy atom. The lowest BCUT2D eigenvalue weighted by Gasteiger charge is -2.39. The molecular formula is C19H26N4O2. The Hall–Kier alpha value is -2.34. The highest BCUT2D eigenvalue weighted by Gasteiger charge is 2.31. The molecule has 25 heavy (non-hydrogen) atoms. The van der Waals surface area contributed by atoms with Crippen molar-refractivity contribution in [2.75, 3.05) is 18.5 Å². The lowest BCUT2D eigenvalue weighted by Crippen LogP contribution is -2.51. The summed E-state index contributed by atoms with van der Waals surface area (Å²) in [4.78, 5) is 14.6. The first-order valence-corrected chi connectivity index (χ1v) is 8.82. The van der Waals surface area contributed by atoms with Crippen LogP contribution in [0.15, 0.2) is 30.3 Å². The molecule has 0 bridgehead atoms. The number of hydrogen-bond donors (Lipinski definition) is 2. The summed E-state index contributed by atoms with van der Waals surface area (Å²) < 4.78 is 1.84. The number of aliphatic hydroxyl groups is 1. The fraction of sp³-hybridized carbons (Fsp3) is 0.474. The summed E-state index contributed by atoms with van der Waals surface area (Å²) in [5, 5.41) is 17.2. The quantitative estimate of drug-likeness (QED) is 0.900. The molecule has 1 aliphatic rings. The first kappa shape index (κ1) is 17.5. The standard InChI is InChI=1S/C19H26N4O2/c1-13-7-6-10-22(18(13)12-24)19(25)20-16-8-4-5-9-17(16)23-15(3)11-14(2)21-23/h4-5,8-9,11,13,18,24H,6-7,10,12H2,1-3H3,(H,20,25). The summed E-state index contributed by atoms with van der Waals surface area (Å²) in [5.74, 6) is 0.302. The number of nitrogens with one attached hydrogen (secondary N) is 1. The van der Waals surface area contributed by atoms with Gasteiger partial charge in [-0.25, -0.2) is 9.48 Å². The van der Waals surface area contributed by atoms with Gasteiger partial charge in [0, 0.05) is 12.2 Å². The Morgan fingerprint density at radius 2 is 2.12 bits per heavy atom. The molecule has 2 unspecified atom stereocenters. The van der Waals surface area contributed by atoms with E-state index in [2.05, 4.69) is 17.3 Å². The van der Waals surface area contributed by atoms with Gasteiger partial charge in [0.1, 0.15) is 0 Å². The molecule has 1 fully saturated rings. The van der Waals surface area contributed by atoms with Gasteiger partial charge in [0.25, 0.3) is 0 Å². The second kappa shape index (κ2) is 7.27. The van der Waals surface area contributed by atoms with Gasteiger partial charge < -0.3 is 15.3 Å². The van der Waals surface area contributed by atoms with Gasteiger partial charge in [-0.15, -0.1) is 0 Å². The fourth-order valence-electron chi connectivity index (χ4n) is 3.60. The van der Waals surface area contributed by atoms with Crippen LogP contribution in [0, 0.1) is 19.8 Å². The third-order valence-electron chi connectivity index (χ3n) is 4.95. The molecule has 1 saturated heterocycles. The van der Waals surface area contributed by atoms with Gasteiger partial charge in [-0.2, -0.15) is 5.10 Å². The van der Waals surface area contributed by atoms with E-state index in [0.717, 1.165) is 29.9 Å². The Labute approximate surface area is 148 Å². The summed E-state index contributed by atoms with van der Waals surface area (Å²) >= 11 is 0. The molecule has 0 spiro atoms. The van der Waals surface area contributed by atoms with E-state index in [-0.39, 0.29) is 18.7 Å². The zero-order chi connectivity index (χ0) is 18.0. The van der Waals surface area contributed by atoms with Crippen LogP contribution in [0.25, 0.3) is 5.69 Å². The van der Waals surface area contributed by atoms with Gasteiger partial charge in [-0.1, -0.05) is 19.1 Å². The van der Waals surface area contributed by atoms with Crippen molar-refractivity contribution in [3.8, 4) is 5.69 Å². The van der Waals surface area contributed by atoms with E-state index in [9.17, 15) is 9.90 Å². The van der Waals surface area contributed by atoms with Crippen molar-refractivity contribution in [3.05, 3.63) is 41.7 Å². The highest BCUT2D eigenvalue weighted by atomic mass is 16.3. The van der Waals surface area contributed by atoms with Crippen LogP contribution in [0.5, 0.6) is 0 Å². The summed E-state index contributed by atoms with van der Waals surface area (Å²) in [6.45, 7) is 6.69. The smallest absolute Gasteiger partial charge is 0.322 e. The Morgan fingerprint density at radius 3 is 2.80 bits per heavy atom. The summed E-state index contributed by atoms with van der Waals surface area (Å²) in [6, 6.07) is 9.36. The van der Waals surface area contributed by atoms with Gasteiger partial charge in [-0.3, -0.25) is 0 Å². The third-order valence-corrected chi connectivity index (χ3v) is 4.95. The van der Waals surface area contributed by atoms with Crippen molar-refractivity contribution >= 4 is 11.7 Å². The Kier molecular flexibility index (Phi) is 5.08. The lowest BCUT2D eigenvalue weighted by atomic mass is 9.91. The molecule has 1 aromatic heterocycles. The SMILES string of the molecule is Cc1cc(C)n(-c2ccccc2NC(=O)N2CCCC(C)C2CO)n1. The molecule has 134 valence electrons. The molecule has 2 aromatic rings. The number of nitrogens with zero attached hydrogens (tertiary/aromatic N) is 3. The van der Waals surface area contributed by atoms with Crippen molar-refractivity contribution < 1.29 is 9.90 Å². The van der Waals surface area contributed by atoms with Crippen molar-refractivity contribution in [2.24, 2.45) is 5.92 Å². The number of aryl methyl sites for hydroxylation is 2. The monoisotopic (exact) mass is 342 g/mol. The molecule has 1 aliphatic heterocycles. The van der Waals surface area contributed by atoms with E-state index in [1.54, 1.807) is 4.90 Å². The van der Waals surface area contributed by atoms with Crippen molar-refractivity contribution in [1.82, 2.24) is 14.7 Å². The molecule has 0 radical (unpaired) electrons. The molecule has 0 saturated carbocycles. The Balaban J connectivity index is 1.86. The van der Waals surface area contributed by atoms with Crippen LogP contribution in [0.2, 0.25) is 0 Å². The van der Waals surface area contributed by atoms with Crippen LogP contribution in [-0.2, 0) is 0 Å². The summed E-state index contributed by atoms with van der Waals surface area (Å²) in [5.41, 5.74) is 3.50. The minimum atomic E-state index is -0.167. The third kappa shape index (κ3) is 3.54. The largest absolute Gasteiger partial charge is 0.394 e. The van der Waals surface area contributed by atoms with E-state index < -0.39 is 0 Å². The fourth-order valence-corrected chi connectivity index (χ4v) is 3.60. The highest BCUT2D eigenvalue weighted by molar-refractivity contribution is 5.91. The van der Waals surface area contributed by atoms with E-state index >= 15 is 0 Å². The number of amides is 2. The lowest BCUT2D eigenvalue weighted by molar-refractivity contribution is 0.0811. The predicted octanol–water partition coefficient (Wildman–Crippen LogP) is 3.11. The van der Waals surface area contributed by atoms with Gasteiger partial charge in [0.2, 0.25) is 0 Å². The van der Waals surface area contributed by atoms with E-state index in [4.69, 9.17) is 0 Å².